The van der Waals surface area contributed by atoms with Crippen LogP contribution in [0.4, 0.5) is 0 Å². The van der Waals surface area contributed by atoms with Crippen LogP contribution in [0.15, 0.2) is 12.3 Å². The van der Waals surface area contributed by atoms with Crippen LogP contribution in [0.3, 0.4) is 0 Å². The SMILES string of the molecule is N#Cc1cnn(-c2cc(Cl)c(Cl)c(Cl)c2Cl)c1Cl. The van der Waals surface area contributed by atoms with Crippen molar-refractivity contribution < 1.29 is 0 Å². The van der Waals surface area contributed by atoms with Gasteiger partial charge in [-0.1, -0.05) is 58.0 Å². The highest BCUT2D eigenvalue weighted by Crippen LogP contribution is 2.40. The van der Waals surface area contributed by atoms with Gasteiger partial charge >= 0.3 is 0 Å². The van der Waals surface area contributed by atoms with Crippen LogP contribution in [0.1, 0.15) is 5.56 Å². The van der Waals surface area contributed by atoms with E-state index in [1.54, 1.807) is 0 Å². The number of benzene rings is 1. The quantitative estimate of drug-likeness (QED) is 0.540. The summed E-state index contributed by atoms with van der Waals surface area (Å²) in [4.78, 5) is 0. The largest absolute Gasteiger partial charge is 0.219 e. The molecule has 1 aromatic heterocycles. The zero-order chi connectivity index (χ0) is 13.4. The van der Waals surface area contributed by atoms with Crippen LogP contribution in [-0.2, 0) is 0 Å². The Morgan fingerprint density at radius 3 is 2.28 bits per heavy atom. The van der Waals surface area contributed by atoms with Gasteiger partial charge in [0.1, 0.15) is 11.6 Å². The maximum atomic E-state index is 8.81. The van der Waals surface area contributed by atoms with Crippen molar-refractivity contribution >= 4 is 58.0 Å². The van der Waals surface area contributed by atoms with Gasteiger partial charge in [-0.15, -0.1) is 0 Å². The minimum absolute atomic E-state index is 0.103. The second-order valence-corrected chi connectivity index (χ2v) is 5.09. The highest BCUT2D eigenvalue weighted by atomic mass is 35.5. The van der Waals surface area contributed by atoms with E-state index in [-0.39, 0.29) is 30.8 Å². The molecule has 0 aliphatic carbocycles. The molecule has 0 aliphatic heterocycles. The van der Waals surface area contributed by atoms with E-state index < -0.39 is 0 Å². The van der Waals surface area contributed by atoms with Gasteiger partial charge in [0, 0.05) is 0 Å². The summed E-state index contributed by atoms with van der Waals surface area (Å²) >= 11 is 29.7. The van der Waals surface area contributed by atoms with Crippen LogP contribution in [0.25, 0.3) is 5.69 Å². The molecule has 0 aliphatic rings. The van der Waals surface area contributed by atoms with E-state index in [0.717, 1.165) is 0 Å². The van der Waals surface area contributed by atoms with Gasteiger partial charge in [-0.25, -0.2) is 4.68 Å². The third-order valence-electron chi connectivity index (χ3n) is 2.14. The van der Waals surface area contributed by atoms with E-state index in [1.807, 2.05) is 6.07 Å². The summed E-state index contributed by atoms with van der Waals surface area (Å²) in [5, 5.41) is 13.5. The monoisotopic (exact) mass is 339 g/mol. The molecule has 2 aromatic rings. The Bertz CT molecular complexity index is 671. The van der Waals surface area contributed by atoms with Crippen molar-refractivity contribution in [3.05, 3.63) is 43.1 Å². The molecule has 0 unspecified atom stereocenters. The van der Waals surface area contributed by atoms with Crippen molar-refractivity contribution in [2.75, 3.05) is 0 Å². The van der Waals surface area contributed by atoms with Crippen LogP contribution in [-0.4, -0.2) is 9.78 Å². The molecule has 0 saturated carbocycles. The van der Waals surface area contributed by atoms with Gasteiger partial charge in [0.05, 0.1) is 32.0 Å². The maximum absolute atomic E-state index is 8.81. The Labute approximate surface area is 127 Å². The predicted octanol–water partition coefficient (Wildman–Crippen LogP) is 5.01. The van der Waals surface area contributed by atoms with Gasteiger partial charge in [-0.05, 0) is 6.07 Å². The van der Waals surface area contributed by atoms with Crippen molar-refractivity contribution in [3.8, 4) is 11.8 Å². The normalized spacial score (nSPS) is 10.4. The summed E-state index contributed by atoms with van der Waals surface area (Å²) in [6, 6.07) is 3.37. The molecule has 8 heteroatoms. The lowest BCUT2D eigenvalue weighted by atomic mass is 10.3. The van der Waals surface area contributed by atoms with Crippen molar-refractivity contribution in [3.63, 3.8) is 0 Å². The Morgan fingerprint density at radius 1 is 1.06 bits per heavy atom. The zero-order valence-corrected chi connectivity index (χ0v) is 12.2. The number of hydrogen-bond donors (Lipinski definition) is 0. The third kappa shape index (κ3) is 2.16. The number of hydrogen-bond acceptors (Lipinski definition) is 2. The first-order valence-electron chi connectivity index (χ1n) is 4.44. The first-order chi connectivity index (χ1) is 8.47. The first kappa shape index (κ1) is 13.8. The molecule has 18 heavy (non-hydrogen) atoms. The lowest BCUT2D eigenvalue weighted by Gasteiger charge is -2.09. The fourth-order valence-corrected chi connectivity index (χ4v) is 2.39. The summed E-state index contributed by atoms with van der Waals surface area (Å²) < 4.78 is 1.26. The van der Waals surface area contributed by atoms with Crippen LogP contribution < -0.4 is 0 Å². The highest BCUT2D eigenvalue weighted by molar-refractivity contribution is 6.52. The molecule has 0 atom stereocenters. The van der Waals surface area contributed by atoms with Gasteiger partial charge in [-0.3, -0.25) is 0 Å². The third-order valence-corrected chi connectivity index (χ3v) is 4.25. The molecule has 1 aromatic carbocycles. The molecule has 3 nitrogen and oxygen atoms in total. The number of nitriles is 1. The average Bonchev–Trinajstić information content (AvgIpc) is 2.72. The second kappa shape index (κ2) is 5.16. The van der Waals surface area contributed by atoms with Crippen LogP contribution >= 0.6 is 58.0 Å². The van der Waals surface area contributed by atoms with Gasteiger partial charge in [0.15, 0.2) is 5.15 Å². The molecule has 1 heterocycles. The number of rotatable bonds is 1. The van der Waals surface area contributed by atoms with Crippen molar-refractivity contribution in [1.29, 1.82) is 5.26 Å². The maximum Gasteiger partial charge on any atom is 0.150 e. The fourth-order valence-electron chi connectivity index (χ4n) is 1.29. The molecule has 0 spiro atoms. The summed E-state index contributed by atoms with van der Waals surface area (Å²) in [6.45, 7) is 0. The van der Waals surface area contributed by atoms with Crippen molar-refractivity contribution in [1.82, 2.24) is 9.78 Å². The van der Waals surface area contributed by atoms with Crippen LogP contribution in [0, 0.1) is 11.3 Å². The lowest BCUT2D eigenvalue weighted by Crippen LogP contribution is -1.98. The summed E-state index contributed by atoms with van der Waals surface area (Å²) in [7, 11) is 0. The standard InChI is InChI=1S/C10H2Cl5N3/c11-5-1-6(8(13)9(14)7(5)12)18-10(15)4(2-16)3-17-18/h1,3H. The van der Waals surface area contributed by atoms with E-state index in [0.29, 0.717) is 5.69 Å². The zero-order valence-electron chi connectivity index (χ0n) is 8.39. The molecule has 0 fully saturated rings. The molecule has 2 rings (SSSR count). The average molecular weight is 341 g/mol. The Morgan fingerprint density at radius 2 is 1.72 bits per heavy atom. The van der Waals surface area contributed by atoms with E-state index >= 15 is 0 Å². The van der Waals surface area contributed by atoms with Crippen LogP contribution in [0.2, 0.25) is 25.2 Å². The van der Waals surface area contributed by atoms with E-state index in [4.69, 9.17) is 63.3 Å². The number of aromatic nitrogens is 2. The van der Waals surface area contributed by atoms with Crippen molar-refractivity contribution in [2.45, 2.75) is 0 Å². The summed E-state index contributed by atoms with van der Waals surface area (Å²) in [5.74, 6) is 0. The van der Waals surface area contributed by atoms with Crippen molar-refractivity contribution in [2.24, 2.45) is 0 Å². The summed E-state index contributed by atoms with van der Waals surface area (Å²) in [5.41, 5.74) is 0.567. The van der Waals surface area contributed by atoms with Crippen LogP contribution in [0.5, 0.6) is 0 Å². The molecule has 0 amide bonds. The van der Waals surface area contributed by atoms with E-state index in [9.17, 15) is 0 Å². The van der Waals surface area contributed by atoms with E-state index in [1.165, 1.54) is 16.9 Å². The lowest BCUT2D eigenvalue weighted by molar-refractivity contribution is 0.881. The van der Waals surface area contributed by atoms with Gasteiger partial charge in [0.2, 0.25) is 0 Å². The van der Waals surface area contributed by atoms with E-state index in [2.05, 4.69) is 5.10 Å². The summed E-state index contributed by atoms with van der Waals surface area (Å²) in [6.07, 6.45) is 1.31. The minimum atomic E-state index is 0.103. The number of halogens is 5. The molecule has 0 bridgehead atoms. The highest BCUT2D eigenvalue weighted by Gasteiger charge is 2.18. The van der Waals surface area contributed by atoms with Gasteiger partial charge in [-0.2, -0.15) is 10.4 Å². The Hall–Kier alpha value is -0.630. The smallest absolute Gasteiger partial charge is 0.150 e. The molecule has 92 valence electrons. The molecule has 0 radical (unpaired) electrons. The molecular formula is C10H2Cl5N3. The topological polar surface area (TPSA) is 41.6 Å². The molecule has 0 N–H and O–H groups in total. The minimum Gasteiger partial charge on any atom is -0.219 e. The van der Waals surface area contributed by atoms with Gasteiger partial charge < -0.3 is 0 Å². The Kier molecular flexibility index (Phi) is 3.96. The fraction of sp³-hybridized carbons (Fsp3) is 0. The predicted molar refractivity (Wildman–Crippen MR) is 73.3 cm³/mol. The number of nitrogens with zero attached hydrogens (tertiary/aromatic N) is 3. The Balaban J connectivity index is 2.73. The molecule has 0 saturated heterocycles. The molecular weight excluding hydrogens is 339 g/mol. The second-order valence-electron chi connectivity index (χ2n) is 3.19. The van der Waals surface area contributed by atoms with Gasteiger partial charge in [0.25, 0.3) is 0 Å². The first-order valence-corrected chi connectivity index (χ1v) is 6.33.